The quantitative estimate of drug-likeness (QED) is 0.803. The summed E-state index contributed by atoms with van der Waals surface area (Å²) in [5.41, 5.74) is 1.11. The number of fused-ring (bicyclic) bond motifs is 1. The van der Waals surface area contributed by atoms with Crippen molar-refractivity contribution in [3.05, 3.63) is 11.9 Å². The molecule has 0 N–H and O–H groups in total. The molecule has 1 saturated carbocycles. The summed E-state index contributed by atoms with van der Waals surface area (Å²) in [7, 11) is 0. The Morgan fingerprint density at radius 3 is 2.48 bits per heavy atom. The lowest BCUT2D eigenvalue weighted by molar-refractivity contribution is -0.132. The largest absolute Gasteiger partial charge is 0.343 e. The average Bonchev–Trinajstić information content (AvgIpc) is 3.22. The zero-order valence-electron chi connectivity index (χ0n) is 16.8. The molecule has 148 valence electrons. The SMILES string of the molecule is CC(C)(C)c1cn2nc(N3CCN(C(=O)CC4CCCCC4)CC3)sc2n1. The molecular weight excluding hydrogens is 358 g/mol. The van der Waals surface area contributed by atoms with Gasteiger partial charge in [-0.25, -0.2) is 9.50 Å². The van der Waals surface area contributed by atoms with Crippen LogP contribution < -0.4 is 4.90 Å². The zero-order chi connectivity index (χ0) is 19.0. The van der Waals surface area contributed by atoms with E-state index in [1.807, 2.05) is 10.7 Å². The van der Waals surface area contributed by atoms with Gasteiger partial charge in [0.05, 0.1) is 11.9 Å². The van der Waals surface area contributed by atoms with E-state index in [0.717, 1.165) is 48.4 Å². The highest BCUT2D eigenvalue weighted by Crippen LogP contribution is 2.29. The van der Waals surface area contributed by atoms with Gasteiger partial charge in [-0.15, -0.1) is 5.10 Å². The first-order valence-corrected chi connectivity index (χ1v) is 11.1. The summed E-state index contributed by atoms with van der Waals surface area (Å²) in [6.07, 6.45) is 9.21. The molecule has 0 aromatic carbocycles. The molecule has 7 heteroatoms. The lowest BCUT2D eigenvalue weighted by atomic mass is 9.86. The first-order valence-electron chi connectivity index (χ1n) is 10.3. The fourth-order valence-electron chi connectivity index (χ4n) is 4.09. The van der Waals surface area contributed by atoms with Crippen LogP contribution in [0.4, 0.5) is 5.13 Å². The van der Waals surface area contributed by atoms with Gasteiger partial charge in [0.25, 0.3) is 0 Å². The van der Waals surface area contributed by atoms with Crippen LogP contribution in [0.15, 0.2) is 6.20 Å². The van der Waals surface area contributed by atoms with Crippen molar-refractivity contribution in [1.82, 2.24) is 19.5 Å². The van der Waals surface area contributed by atoms with E-state index in [-0.39, 0.29) is 5.41 Å². The highest BCUT2D eigenvalue weighted by molar-refractivity contribution is 7.20. The number of anilines is 1. The number of nitrogens with zero attached hydrogens (tertiary/aromatic N) is 5. The fraction of sp³-hybridized carbons (Fsp3) is 0.750. The van der Waals surface area contributed by atoms with E-state index >= 15 is 0 Å². The van der Waals surface area contributed by atoms with Gasteiger partial charge in [0.2, 0.25) is 16.0 Å². The first-order chi connectivity index (χ1) is 12.9. The molecule has 4 rings (SSSR count). The second-order valence-electron chi connectivity index (χ2n) is 9.06. The number of rotatable bonds is 3. The first kappa shape index (κ1) is 18.7. The van der Waals surface area contributed by atoms with Gasteiger partial charge >= 0.3 is 0 Å². The van der Waals surface area contributed by atoms with Crippen LogP contribution >= 0.6 is 11.3 Å². The molecule has 2 aromatic rings. The van der Waals surface area contributed by atoms with Gasteiger partial charge in [-0.1, -0.05) is 51.4 Å². The highest BCUT2D eigenvalue weighted by Gasteiger charge is 2.26. The molecular formula is C20H31N5OS. The van der Waals surface area contributed by atoms with E-state index in [2.05, 4.69) is 30.6 Å². The number of carbonyl (C=O) groups excluding carboxylic acids is 1. The summed E-state index contributed by atoms with van der Waals surface area (Å²) in [4.78, 5) is 22.7. The normalized spacial score (nSPS) is 19.8. The molecule has 1 aliphatic carbocycles. The Kier molecular flexibility index (Phi) is 5.14. The number of carbonyl (C=O) groups is 1. The van der Waals surface area contributed by atoms with Gasteiger partial charge in [0.1, 0.15) is 0 Å². The van der Waals surface area contributed by atoms with Crippen molar-refractivity contribution in [1.29, 1.82) is 0 Å². The molecule has 1 amide bonds. The van der Waals surface area contributed by atoms with Crippen LogP contribution in [0, 0.1) is 5.92 Å². The Morgan fingerprint density at radius 2 is 1.85 bits per heavy atom. The standard InChI is InChI=1S/C20H31N5OS/c1-20(2,3)16-14-25-18(21-16)27-19(22-25)24-11-9-23(10-12-24)17(26)13-15-7-5-4-6-8-15/h14-15H,4-13H2,1-3H3. The van der Waals surface area contributed by atoms with E-state index in [1.54, 1.807) is 11.3 Å². The van der Waals surface area contributed by atoms with E-state index in [9.17, 15) is 4.79 Å². The predicted molar refractivity (Wildman–Crippen MR) is 110 cm³/mol. The van der Waals surface area contributed by atoms with E-state index in [0.29, 0.717) is 11.8 Å². The lowest BCUT2D eigenvalue weighted by Gasteiger charge is -2.35. The minimum absolute atomic E-state index is 0.0396. The Labute approximate surface area is 165 Å². The number of hydrogen-bond donors (Lipinski definition) is 0. The van der Waals surface area contributed by atoms with Gasteiger partial charge in [-0.05, 0) is 18.8 Å². The zero-order valence-corrected chi connectivity index (χ0v) is 17.6. The van der Waals surface area contributed by atoms with Crippen molar-refractivity contribution in [2.45, 2.75) is 64.7 Å². The van der Waals surface area contributed by atoms with Gasteiger partial charge in [0, 0.05) is 38.0 Å². The monoisotopic (exact) mass is 389 g/mol. The number of amides is 1. The van der Waals surface area contributed by atoms with Gasteiger partial charge in [-0.2, -0.15) is 0 Å². The van der Waals surface area contributed by atoms with Crippen molar-refractivity contribution in [2.24, 2.45) is 5.92 Å². The number of piperazine rings is 1. The summed E-state index contributed by atoms with van der Waals surface area (Å²) in [6, 6.07) is 0. The number of hydrogen-bond acceptors (Lipinski definition) is 5. The summed E-state index contributed by atoms with van der Waals surface area (Å²) in [6.45, 7) is 9.84. The molecule has 1 saturated heterocycles. The van der Waals surface area contributed by atoms with Gasteiger partial charge < -0.3 is 9.80 Å². The molecule has 0 atom stereocenters. The van der Waals surface area contributed by atoms with Crippen molar-refractivity contribution < 1.29 is 4.79 Å². The second-order valence-corrected chi connectivity index (χ2v) is 10.00. The molecule has 2 aromatic heterocycles. The van der Waals surface area contributed by atoms with Crippen molar-refractivity contribution >= 4 is 27.3 Å². The third-order valence-electron chi connectivity index (χ3n) is 5.89. The van der Waals surface area contributed by atoms with Crippen LogP contribution in [0.5, 0.6) is 0 Å². The van der Waals surface area contributed by atoms with Crippen molar-refractivity contribution in [3.8, 4) is 0 Å². The Hall–Kier alpha value is -1.63. The summed E-state index contributed by atoms with van der Waals surface area (Å²) in [5, 5.41) is 5.74. The molecule has 6 nitrogen and oxygen atoms in total. The van der Waals surface area contributed by atoms with Crippen LogP contribution in [0.2, 0.25) is 0 Å². The fourth-order valence-corrected chi connectivity index (χ4v) is 5.03. The second kappa shape index (κ2) is 7.41. The summed E-state index contributed by atoms with van der Waals surface area (Å²) in [5.74, 6) is 0.971. The maximum Gasteiger partial charge on any atom is 0.222 e. The third-order valence-corrected chi connectivity index (χ3v) is 6.88. The van der Waals surface area contributed by atoms with Gasteiger partial charge in [0.15, 0.2) is 0 Å². The van der Waals surface area contributed by atoms with E-state index in [4.69, 9.17) is 10.1 Å². The van der Waals surface area contributed by atoms with Crippen LogP contribution in [0.25, 0.3) is 4.96 Å². The molecule has 27 heavy (non-hydrogen) atoms. The molecule has 0 radical (unpaired) electrons. The smallest absolute Gasteiger partial charge is 0.222 e. The van der Waals surface area contributed by atoms with Crippen molar-refractivity contribution in [2.75, 3.05) is 31.1 Å². The maximum atomic E-state index is 12.6. The maximum absolute atomic E-state index is 12.6. The molecule has 3 heterocycles. The molecule has 0 unspecified atom stereocenters. The third kappa shape index (κ3) is 4.13. The molecule has 0 spiro atoms. The van der Waals surface area contributed by atoms with Crippen LogP contribution in [-0.4, -0.2) is 51.6 Å². The Balaban J connectivity index is 1.34. The highest BCUT2D eigenvalue weighted by atomic mass is 32.1. The molecule has 2 fully saturated rings. The molecule has 2 aliphatic rings. The average molecular weight is 390 g/mol. The van der Waals surface area contributed by atoms with Crippen LogP contribution in [-0.2, 0) is 10.2 Å². The topological polar surface area (TPSA) is 53.7 Å². The molecule has 1 aliphatic heterocycles. The summed E-state index contributed by atoms with van der Waals surface area (Å²) < 4.78 is 1.90. The summed E-state index contributed by atoms with van der Waals surface area (Å²) >= 11 is 1.64. The Bertz CT molecular complexity index is 759. The lowest BCUT2D eigenvalue weighted by Crippen LogP contribution is -2.49. The number of imidazole rings is 1. The predicted octanol–water partition coefficient (Wildman–Crippen LogP) is 3.71. The van der Waals surface area contributed by atoms with Crippen LogP contribution in [0.3, 0.4) is 0 Å². The molecule has 0 bridgehead atoms. The minimum Gasteiger partial charge on any atom is -0.343 e. The van der Waals surface area contributed by atoms with E-state index in [1.165, 1.54) is 32.1 Å². The Morgan fingerprint density at radius 1 is 1.15 bits per heavy atom. The van der Waals surface area contributed by atoms with Crippen LogP contribution in [0.1, 0.15) is 65.0 Å². The van der Waals surface area contributed by atoms with Gasteiger partial charge in [-0.3, -0.25) is 4.79 Å². The van der Waals surface area contributed by atoms with E-state index < -0.39 is 0 Å². The van der Waals surface area contributed by atoms with Crippen molar-refractivity contribution in [3.63, 3.8) is 0 Å². The number of aromatic nitrogens is 3. The minimum atomic E-state index is 0.0396.